The molecule has 0 radical (unpaired) electrons. The van der Waals surface area contributed by atoms with Crippen LogP contribution < -0.4 is 4.90 Å². The Balaban J connectivity index is 1.21. The van der Waals surface area contributed by atoms with Crippen LogP contribution in [0.4, 0.5) is 17.1 Å². The molecule has 1 aliphatic carbocycles. The second-order valence-corrected chi connectivity index (χ2v) is 13.4. The molecule has 0 atom stereocenters. The predicted octanol–water partition coefficient (Wildman–Crippen LogP) is 13.1. The van der Waals surface area contributed by atoms with Crippen molar-refractivity contribution in [3.05, 3.63) is 187 Å². The van der Waals surface area contributed by atoms with Gasteiger partial charge in [0.25, 0.3) is 0 Å². The zero-order valence-corrected chi connectivity index (χ0v) is 27.2. The van der Waals surface area contributed by atoms with Gasteiger partial charge < -0.3 is 4.90 Å². The fourth-order valence-electron chi connectivity index (χ4n) is 7.96. The Morgan fingerprint density at radius 3 is 1.90 bits per heavy atom. The van der Waals surface area contributed by atoms with Gasteiger partial charge in [-0.05, 0) is 103 Å². The van der Waals surface area contributed by atoms with Crippen LogP contribution in [0.3, 0.4) is 0 Å². The maximum atomic E-state index is 2.40. The minimum Gasteiger partial charge on any atom is -0.310 e. The molecule has 0 N–H and O–H groups in total. The van der Waals surface area contributed by atoms with Crippen molar-refractivity contribution in [2.45, 2.75) is 19.3 Å². The van der Waals surface area contributed by atoms with Crippen molar-refractivity contribution in [3.8, 4) is 33.4 Å². The largest absolute Gasteiger partial charge is 0.310 e. The van der Waals surface area contributed by atoms with E-state index in [1.54, 1.807) is 0 Å². The Morgan fingerprint density at radius 1 is 0.417 bits per heavy atom. The summed E-state index contributed by atoms with van der Waals surface area (Å²) in [5.41, 5.74) is 13.8. The molecule has 9 rings (SSSR count). The third kappa shape index (κ3) is 4.47. The molecule has 0 bridgehead atoms. The minimum absolute atomic E-state index is 0.0791. The fraction of sp³-hybridized carbons (Fsp3) is 0.0638. The highest BCUT2D eigenvalue weighted by Crippen LogP contribution is 2.55. The van der Waals surface area contributed by atoms with Crippen LogP contribution >= 0.6 is 0 Å². The molecule has 1 nitrogen and oxygen atoms in total. The monoisotopic (exact) mass is 613 g/mol. The van der Waals surface area contributed by atoms with Gasteiger partial charge in [0.05, 0.1) is 5.69 Å². The molecule has 0 fully saturated rings. The molecule has 48 heavy (non-hydrogen) atoms. The van der Waals surface area contributed by atoms with Crippen molar-refractivity contribution in [1.82, 2.24) is 0 Å². The molecule has 0 heterocycles. The number of benzene rings is 8. The van der Waals surface area contributed by atoms with Gasteiger partial charge in [0.2, 0.25) is 0 Å². The number of anilines is 3. The summed E-state index contributed by atoms with van der Waals surface area (Å²) in [6.07, 6.45) is 0. The molecule has 0 saturated heterocycles. The predicted molar refractivity (Wildman–Crippen MR) is 205 cm³/mol. The van der Waals surface area contributed by atoms with E-state index in [4.69, 9.17) is 0 Å². The molecule has 0 unspecified atom stereocenters. The van der Waals surface area contributed by atoms with Crippen LogP contribution in [0.2, 0.25) is 0 Å². The van der Waals surface area contributed by atoms with Crippen molar-refractivity contribution < 1.29 is 0 Å². The average molecular weight is 614 g/mol. The summed E-state index contributed by atoms with van der Waals surface area (Å²) in [4.78, 5) is 2.38. The van der Waals surface area contributed by atoms with Gasteiger partial charge in [0.15, 0.2) is 0 Å². The van der Waals surface area contributed by atoms with Gasteiger partial charge in [-0.3, -0.25) is 0 Å². The highest BCUT2D eigenvalue weighted by molar-refractivity contribution is 6.06. The van der Waals surface area contributed by atoms with Crippen molar-refractivity contribution >= 4 is 38.6 Å². The maximum Gasteiger partial charge on any atom is 0.0540 e. The summed E-state index contributed by atoms with van der Waals surface area (Å²) in [6, 6.07) is 64.2. The van der Waals surface area contributed by atoms with Crippen molar-refractivity contribution in [1.29, 1.82) is 0 Å². The first kappa shape index (κ1) is 28.3. The van der Waals surface area contributed by atoms with E-state index in [1.165, 1.54) is 66.1 Å². The Bertz CT molecular complexity index is 2470. The molecule has 8 aromatic carbocycles. The first-order valence-corrected chi connectivity index (χ1v) is 16.8. The van der Waals surface area contributed by atoms with E-state index in [2.05, 4.69) is 195 Å². The molecule has 1 aliphatic rings. The molecule has 0 aliphatic heterocycles. The van der Waals surface area contributed by atoms with Gasteiger partial charge in [-0.15, -0.1) is 0 Å². The van der Waals surface area contributed by atoms with Crippen LogP contribution in [0.1, 0.15) is 25.0 Å². The summed E-state index contributed by atoms with van der Waals surface area (Å²) in [5, 5.41) is 5.08. The number of hydrogen-bond acceptors (Lipinski definition) is 1. The van der Waals surface area contributed by atoms with E-state index in [9.17, 15) is 0 Å². The quantitative estimate of drug-likeness (QED) is 0.187. The lowest BCUT2D eigenvalue weighted by molar-refractivity contribution is 0.666. The van der Waals surface area contributed by atoms with Crippen LogP contribution in [0.15, 0.2) is 176 Å². The lowest BCUT2D eigenvalue weighted by atomic mass is 9.79. The van der Waals surface area contributed by atoms with E-state index < -0.39 is 0 Å². The third-order valence-corrected chi connectivity index (χ3v) is 10.2. The smallest absolute Gasteiger partial charge is 0.0540 e. The summed E-state index contributed by atoms with van der Waals surface area (Å²) in [5.74, 6) is 0. The summed E-state index contributed by atoms with van der Waals surface area (Å²) < 4.78 is 0. The fourth-order valence-corrected chi connectivity index (χ4v) is 7.96. The van der Waals surface area contributed by atoms with Crippen LogP contribution in [-0.4, -0.2) is 0 Å². The minimum atomic E-state index is -0.0791. The molecule has 0 spiro atoms. The topological polar surface area (TPSA) is 3.24 Å². The van der Waals surface area contributed by atoms with E-state index in [-0.39, 0.29) is 5.41 Å². The van der Waals surface area contributed by atoms with Crippen LogP contribution in [0.25, 0.3) is 54.9 Å². The van der Waals surface area contributed by atoms with E-state index >= 15 is 0 Å². The lowest BCUT2D eigenvalue weighted by Gasteiger charge is -2.28. The van der Waals surface area contributed by atoms with Crippen molar-refractivity contribution in [2.24, 2.45) is 0 Å². The molecular formula is C47H35N. The standard InChI is InChI=1S/C47H35N/c1-47(2)43-23-13-11-22-41(43)45-42(31-35-17-9-10-21-40(35)46(45)47)36-26-25-34-30-38(28-27-33(34)29-36)48(37-18-7-4-8-19-37)44-24-14-12-20-39(44)32-15-5-3-6-16-32/h3-31H,1-2H3. The average Bonchev–Trinajstić information content (AvgIpc) is 3.39. The second kappa shape index (κ2) is 11.1. The SMILES string of the molecule is CC1(C)c2ccccc2-c2c(-c3ccc4cc(N(c5ccccc5)c5ccccc5-c5ccccc5)ccc4c3)cc3ccccc3c21. The Labute approximate surface area is 282 Å². The Kier molecular flexibility index (Phi) is 6.55. The van der Waals surface area contributed by atoms with E-state index in [1.807, 2.05) is 0 Å². The Hall–Kier alpha value is -5.92. The maximum absolute atomic E-state index is 2.40. The lowest BCUT2D eigenvalue weighted by Crippen LogP contribution is -2.15. The number of nitrogens with zero attached hydrogens (tertiary/aromatic N) is 1. The molecule has 8 aromatic rings. The first-order valence-electron chi connectivity index (χ1n) is 16.8. The van der Waals surface area contributed by atoms with E-state index in [0.717, 1.165) is 17.1 Å². The zero-order valence-electron chi connectivity index (χ0n) is 27.2. The van der Waals surface area contributed by atoms with Gasteiger partial charge in [-0.1, -0.05) is 147 Å². The van der Waals surface area contributed by atoms with Crippen LogP contribution in [0, 0.1) is 0 Å². The van der Waals surface area contributed by atoms with Crippen molar-refractivity contribution in [3.63, 3.8) is 0 Å². The number of rotatable bonds is 5. The summed E-state index contributed by atoms with van der Waals surface area (Å²) in [6.45, 7) is 4.76. The van der Waals surface area contributed by atoms with E-state index in [0.29, 0.717) is 0 Å². The van der Waals surface area contributed by atoms with Crippen LogP contribution in [-0.2, 0) is 5.41 Å². The molecule has 0 saturated carbocycles. The highest BCUT2D eigenvalue weighted by Gasteiger charge is 2.38. The third-order valence-electron chi connectivity index (χ3n) is 10.2. The molecule has 0 aromatic heterocycles. The van der Waals surface area contributed by atoms with Gasteiger partial charge >= 0.3 is 0 Å². The first-order chi connectivity index (χ1) is 23.6. The molecule has 0 amide bonds. The highest BCUT2D eigenvalue weighted by atomic mass is 15.1. The Morgan fingerprint density at radius 2 is 1.06 bits per heavy atom. The molecule has 1 heteroatoms. The number of para-hydroxylation sites is 2. The van der Waals surface area contributed by atoms with Gasteiger partial charge in [0, 0.05) is 22.4 Å². The number of hydrogen-bond donors (Lipinski definition) is 0. The normalized spacial score (nSPS) is 13.0. The molecular weight excluding hydrogens is 579 g/mol. The van der Waals surface area contributed by atoms with Crippen molar-refractivity contribution in [2.75, 3.05) is 4.90 Å². The zero-order chi connectivity index (χ0) is 32.2. The van der Waals surface area contributed by atoms with Gasteiger partial charge in [0.1, 0.15) is 0 Å². The van der Waals surface area contributed by atoms with Gasteiger partial charge in [-0.2, -0.15) is 0 Å². The van der Waals surface area contributed by atoms with Crippen LogP contribution in [0.5, 0.6) is 0 Å². The summed E-state index contributed by atoms with van der Waals surface area (Å²) >= 11 is 0. The summed E-state index contributed by atoms with van der Waals surface area (Å²) in [7, 11) is 0. The van der Waals surface area contributed by atoms with Gasteiger partial charge in [-0.25, -0.2) is 0 Å². The second-order valence-electron chi connectivity index (χ2n) is 13.4. The molecule has 228 valence electrons. The number of fused-ring (bicyclic) bond motifs is 6.